The van der Waals surface area contributed by atoms with Crippen LogP contribution in [0.1, 0.15) is 19.3 Å². The standard InChI is InChI=1S/C7H15NS/c1-9-6-8-5-7-3-2-4-7/h7-8H,2-6H2,1H3. The summed E-state index contributed by atoms with van der Waals surface area (Å²) in [6.07, 6.45) is 6.52. The molecule has 1 saturated carbocycles. The molecule has 0 aromatic carbocycles. The molecule has 0 atom stereocenters. The third-order valence-corrected chi connectivity index (χ3v) is 2.40. The summed E-state index contributed by atoms with van der Waals surface area (Å²) in [6.45, 7) is 1.25. The van der Waals surface area contributed by atoms with Crippen molar-refractivity contribution in [1.29, 1.82) is 0 Å². The Morgan fingerprint density at radius 1 is 1.56 bits per heavy atom. The lowest BCUT2D eigenvalue weighted by atomic mass is 9.86. The van der Waals surface area contributed by atoms with E-state index in [1.54, 1.807) is 0 Å². The highest BCUT2D eigenvalue weighted by Crippen LogP contribution is 2.25. The zero-order chi connectivity index (χ0) is 6.53. The van der Waals surface area contributed by atoms with E-state index in [0.29, 0.717) is 0 Å². The van der Waals surface area contributed by atoms with E-state index >= 15 is 0 Å². The van der Waals surface area contributed by atoms with Gasteiger partial charge in [-0.25, -0.2) is 0 Å². The Bertz CT molecular complexity index is 71.3. The van der Waals surface area contributed by atoms with Gasteiger partial charge in [0, 0.05) is 5.88 Å². The zero-order valence-electron chi connectivity index (χ0n) is 6.02. The van der Waals surface area contributed by atoms with E-state index in [9.17, 15) is 0 Å². The van der Waals surface area contributed by atoms with Crippen LogP contribution in [0.15, 0.2) is 0 Å². The van der Waals surface area contributed by atoms with Crippen LogP contribution in [-0.4, -0.2) is 18.7 Å². The second kappa shape index (κ2) is 4.18. The van der Waals surface area contributed by atoms with Crippen LogP contribution in [0, 0.1) is 5.92 Å². The zero-order valence-corrected chi connectivity index (χ0v) is 6.84. The minimum absolute atomic E-state index is 1.01. The van der Waals surface area contributed by atoms with Crippen molar-refractivity contribution in [2.24, 2.45) is 5.92 Å². The lowest BCUT2D eigenvalue weighted by Gasteiger charge is -2.25. The summed E-state index contributed by atoms with van der Waals surface area (Å²) in [4.78, 5) is 0. The highest BCUT2D eigenvalue weighted by molar-refractivity contribution is 7.98. The molecular weight excluding hydrogens is 130 g/mol. The molecule has 1 rings (SSSR count). The Hall–Kier alpha value is 0.310. The number of nitrogens with one attached hydrogen (secondary N) is 1. The Balaban J connectivity index is 1.80. The molecule has 0 heterocycles. The van der Waals surface area contributed by atoms with Crippen LogP contribution in [0.25, 0.3) is 0 Å². The monoisotopic (exact) mass is 145 g/mol. The first-order valence-corrected chi connectivity index (χ1v) is 5.02. The summed E-state index contributed by atoms with van der Waals surface area (Å²) < 4.78 is 0. The van der Waals surface area contributed by atoms with Crippen molar-refractivity contribution >= 4 is 11.8 Å². The summed E-state index contributed by atoms with van der Waals surface area (Å²) in [6, 6.07) is 0. The van der Waals surface area contributed by atoms with Gasteiger partial charge in [0.2, 0.25) is 0 Å². The summed E-state index contributed by atoms with van der Waals surface area (Å²) >= 11 is 1.87. The van der Waals surface area contributed by atoms with Gasteiger partial charge in [0.25, 0.3) is 0 Å². The molecule has 1 aliphatic carbocycles. The minimum Gasteiger partial charge on any atom is -0.308 e. The molecule has 54 valence electrons. The van der Waals surface area contributed by atoms with Crippen molar-refractivity contribution in [3.63, 3.8) is 0 Å². The quantitative estimate of drug-likeness (QED) is 0.477. The van der Waals surface area contributed by atoms with Crippen LogP contribution in [0.3, 0.4) is 0 Å². The molecule has 1 aliphatic rings. The Morgan fingerprint density at radius 2 is 2.33 bits per heavy atom. The van der Waals surface area contributed by atoms with Crippen molar-refractivity contribution in [3.05, 3.63) is 0 Å². The summed E-state index contributed by atoms with van der Waals surface area (Å²) in [5.74, 6) is 2.13. The Kier molecular flexibility index (Phi) is 3.44. The molecule has 0 bridgehead atoms. The maximum absolute atomic E-state index is 3.40. The lowest BCUT2D eigenvalue weighted by Crippen LogP contribution is -2.26. The number of thioether (sulfide) groups is 1. The second-order valence-corrected chi connectivity index (χ2v) is 3.55. The molecule has 0 aromatic rings. The fourth-order valence-electron chi connectivity index (χ4n) is 1.06. The van der Waals surface area contributed by atoms with Gasteiger partial charge in [-0.1, -0.05) is 6.42 Å². The smallest absolute Gasteiger partial charge is 0.0415 e. The molecular formula is C7H15NS. The lowest BCUT2D eigenvalue weighted by molar-refractivity contribution is 0.307. The summed E-state index contributed by atoms with van der Waals surface area (Å²) in [5, 5.41) is 3.40. The predicted molar refractivity (Wildman–Crippen MR) is 43.7 cm³/mol. The minimum atomic E-state index is 1.01. The number of hydrogen-bond donors (Lipinski definition) is 1. The first-order chi connectivity index (χ1) is 4.43. The fourth-order valence-corrected chi connectivity index (χ4v) is 1.38. The van der Waals surface area contributed by atoms with Gasteiger partial charge in [-0.05, 0) is 31.6 Å². The molecule has 0 saturated heterocycles. The van der Waals surface area contributed by atoms with Gasteiger partial charge in [-0.3, -0.25) is 0 Å². The predicted octanol–water partition coefficient (Wildman–Crippen LogP) is 1.70. The van der Waals surface area contributed by atoms with Crippen molar-refractivity contribution < 1.29 is 0 Å². The van der Waals surface area contributed by atoms with Crippen LogP contribution in [0.2, 0.25) is 0 Å². The first kappa shape index (κ1) is 7.42. The highest BCUT2D eigenvalue weighted by Gasteiger charge is 2.15. The normalized spacial score (nSPS) is 19.7. The van der Waals surface area contributed by atoms with Crippen molar-refractivity contribution in [3.8, 4) is 0 Å². The van der Waals surface area contributed by atoms with Crippen LogP contribution in [0.4, 0.5) is 0 Å². The number of rotatable bonds is 4. The van der Waals surface area contributed by atoms with Gasteiger partial charge in [0.05, 0.1) is 0 Å². The van der Waals surface area contributed by atoms with Gasteiger partial charge < -0.3 is 5.32 Å². The largest absolute Gasteiger partial charge is 0.308 e. The average molecular weight is 145 g/mol. The first-order valence-electron chi connectivity index (χ1n) is 3.63. The van der Waals surface area contributed by atoms with E-state index in [-0.39, 0.29) is 0 Å². The van der Waals surface area contributed by atoms with Crippen LogP contribution >= 0.6 is 11.8 Å². The molecule has 1 fully saturated rings. The molecule has 0 unspecified atom stereocenters. The SMILES string of the molecule is CSCNCC1CCC1. The molecule has 0 aromatic heterocycles. The van der Waals surface area contributed by atoms with Gasteiger partial charge >= 0.3 is 0 Å². The van der Waals surface area contributed by atoms with Crippen molar-refractivity contribution in [2.75, 3.05) is 18.7 Å². The molecule has 0 spiro atoms. The van der Waals surface area contributed by atoms with Crippen LogP contribution < -0.4 is 5.32 Å². The third-order valence-electron chi connectivity index (χ3n) is 1.90. The molecule has 1 N–H and O–H groups in total. The van der Waals surface area contributed by atoms with E-state index in [1.165, 1.54) is 25.8 Å². The second-order valence-electron chi connectivity index (χ2n) is 2.68. The molecule has 0 aliphatic heterocycles. The summed E-state index contributed by atoms with van der Waals surface area (Å²) in [5.41, 5.74) is 0. The number of hydrogen-bond acceptors (Lipinski definition) is 2. The molecule has 1 nitrogen and oxygen atoms in total. The fraction of sp³-hybridized carbons (Fsp3) is 1.00. The van der Waals surface area contributed by atoms with E-state index < -0.39 is 0 Å². The van der Waals surface area contributed by atoms with E-state index in [0.717, 1.165) is 11.8 Å². The van der Waals surface area contributed by atoms with Crippen molar-refractivity contribution in [2.45, 2.75) is 19.3 Å². The molecule has 2 heteroatoms. The van der Waals surface area contributed by atoms with Gasteiger partial charge in [-0.2, -0.15) is 0 Å². The maximum Gasteiger partial charge on any atom is 0.0415 e. The van der Waals surface area contributed by atoms with E-state index in [4.69, 9.17) is 0 Å². The van der Waals surface area contributed by atoms with Crippen molar-refractivity contribution in [1.82, 2.24) is 5.32 Å². The van der Waals surface area contributed by atoms with Crippen LogP contribution in [0.5, 0.6) is 0 Å². The van der Waals surface area contributed by atoms with Crippen LogP contribution in [-0.2, 0) is 0 Å². The molecule has 0 amide bonds. The van der Waals surface area contributed by atoms with Gasteiger partial charge in [0.15, 0.2) is 0 Å². The molecule has 0 radical (unpaired) electrons. The Labute approximate surface area is 61.6 Å². The van der Waals surface area contributed by atoms with Gasteiger partial charge in [-0.15, -0.1) is 11.8 Å². The highest BCUT2D eigenvalue weighted by atomic mass is 32.2. The van der Waals surface area contributed by atoms with Gasteiger partial charge in [0.1, 0.15) is 0 Å². The maximum atomic E-state index is 3.40. The summed E-state index contributed by atoms with van der Waals surface area (Å²) in [7, 11) is 0. The van der Waals surface area contributed by atoms with E-state index in [1.807, 2.05) is 11.8 Å². The molecule has 9 heavy (non-hydrogen) atoms. The third kappa shape index (κ3) is 2.59. The van der Waals surface area contributed by atoms with E-state index in [2.05, 4.69) is 11.6 Å². The average Bonchev–Trinajstić information content (AvgIpc) is 1.76. The topological polar surface area (TPSA) is 12.0 Å². The Morgan fingerprint density at radius 3 is 2.78 bits per heavy atom.